The lowest BCUT2D eigenvalue weighted by Gasteiger charge is -2.38. The van der Waals surface area contributed by atoms with Crippen molar-refractivity contribution in [3.05, 3.63) is 35.9 Å². The molecule has 1 heterocycles. The van der Waals surface area contributed by atoms with E-state index in [1.54, 1.807) is 12.1 Å². The highest BCUT2D eigenvalue weighted by atomic mass is 16.5. The molecule has 0 radical (unpaired) electrons. The summed E-state index contributed by atoms with van der Waals surface area (Å²) in [5, 5.41) is 3.92. The van der Waals surface area contributed by atoms with Gasteiger partial charge in [0.05, 0.1) is 19.8 Å². The molecular formula is C18H28N2O3. The van der Waals surface area contributed by atoms with Gasteiger partial charge in [0.2, 0.25) is 0 Å². The first-order chi connectivity index (χ1) is 11.2. The number of nitrogens with zero attached hydrogens (tertiary/aromatic N) is 2. The Morgan fingerprint density at radius 3 is 2.74 bits per heavy atom. The Morgan fingerprint density at radius 1 is 1.35 bits per heavy atom. The lowest BCUT2D eigenvalue weighted by molar-refractivity contribution is -0.0661. The highest BCUT2D eigenvalue weighted by Gasteiger charge is 2.35. The van der Waals surface area contributed by atoms with E-state index in [0.29, 0.717) is 6.61 Å². The average Bonchev–Trinajstić information content (AvgIpc) is 3.02. The third kappa shape index (κ3) is 4.69. The zero-order valence-corrected chi connectivity index (χ0v) is 14.4. The van der Waals surface area contributed by atoms with Crippen LogP contribution in [0.25, 0.3) is 0 Å². The Bertz CT molecular complexity index is 480. The van der Waals surface area contributed by atoms with Crippen molar-refractivity contribution in [2.75, 3.05) is 27.4 Å². The van der Waals surface area contributed by atoms with E-state index in [9.17, 15) is 4.79 Å². The largest absolute Gasteiger partial charge is 0.452 e. The van der Waals surface area contributed by atoms with Crippen molar-refractivity contribution in [3.63, 3.8) is 0 Å². The zero-order chi connectivity index (χ0) is 16.7. The van der Waals surface area contributed by atoms with Crippen molar-refractivity contribution in [3.8, 4) is 0 Å². The first-order valence-electron chi connectivity index (χ1n) is 8.34. The minimum absolute atomic E-state index is 0.0834. The fourth-order valence-corrected chi connectivity index (χ4v) is 3.24. The quantitative estimate of drug-likeness (QED) is 0.774. The van der Waals surface area contributed by atoms with Gasteiger partial charge in [0.25, 0.3) is 0 Å². The Labute approximate surface area is 139 Å². The molecule has 23 heavy (non-hydrogen) atoms. The predicted octanol–water partition coefficient (Wildman–Crippen LogP) is 3.10. The van der Waals surface area contributed by atoms with E-state index in [1.165, 1.54) is 12.7 Å². The van der Waals surface area contributed by atoms with E-state index in [2.05, 4.69) is 24.1 Å². The molecule has 0 aromatic heterocycles. The smallest absolute Gasteiger partial charge is 0.424 e. The van der Waals surface area contributed by atoms with Crippen LogP contribution in [-0.2, 0) is 15.9 Å². The minimum Gasteiger partial charge on any atom is -0.452 e. The number of ether oxygens (including phenoxy) is 2. The number of hydrogen-bond donors (Lipinski definition) is 0. The molecule has 1 amide bonds. The number of hydrazine groups is 1. The van der Waals surface area contributed by atoms with Crippen LogP contribution in [0.4, 0.5) is 4.79 Å². The molecule has 128 valence electrons. The summed E-state index contributed by atoms with van der Waals surface area (Å²) in [4.78, 5) is 12.3. The summed E-state index contributed by atoms with van der Waals surface area (Å²) >= 11 is 0. The first kappa shape index (κ1) is 17.8. The molecule has 0 spiro atoms. The molecule has 2 atom stereocenters. The van der Waals surface area contributed by atoms with Crippen molar-refractivity contribution < 1.29 is 14.3 Å². The number of aryl methyl sites for hydroxylation is 1. The van der Waals surface area contributed by atoms with Crippen LogP contribution in [0.1, 0.15) is 31.7 Å². The van der Waals surface area contributed by atoms with Crippen molar-refractivity contribution in [1.29, 1.82) is 0 Å². The van der Waals surface area contributed by atoms with Gasteiger partial charge >= 0.3 is 6.09 Å². The maximum atomic E-state index is 12.3. The SMILES string of the molecule is COC[C@@H]1CCCN1N(C(=O)OC)[C@H](C)CCc1ccccc1. The van der Waals surface area contributed by atoms with Gasteiger partial charge in [-0.25, -0.2) is 14.8 Å². The molecule has 0 saturated carbocycles. The van der Waals surface area contributed by atoms with E-state index in [1.807, 2.05) is 18.2 Å². The van der Waals surface area contributed by atoms with Gasteiger partial charge in [0.1, 0.15) is 0 Å². The summed E-state index contributed by atoms with van der Waals surface area (Å²) in [6.07, 6.45) is 3.68. The van der Waals surface area contributed by atoms with Crippen LogP contribution in [0.5, 0.6) is 0 Å². The standard InChI is InChI=1S/C18H28N2O3/c1-15(11-12-16-8-5-4-6-9-16)20(18(21)23-3)19-13-7-10-17(19)14-22-2/h4-6,8-9,15,17H,7,10-14H2,1-3H3/t15-,17+/m1/s1. The molecule has 5 heteroatoms. The van der Waals surface area contributed by atoms with Crippen molar-refractivity contribution in [1.82, 2.24) is 10.0 Å². The van der Waals surface area contributed by atoms with Gasteiger partial charge in [0, 0.05) is 19.7 Å². The van der Waals surface area contributed by atoms with Gasteiger partial charge in [-0.3, -0.25) is 0 Å². The lowest BCUT2D eigenvalue weighted by atomic mass is 10.1. The molecule has 0 unspecified atom stereocenters. The Kier molecular flexibility index (Phi) is 6.86. The van der Waals surface area contributed by atoms with E-state index in [4.69, 9.17) is 9.47 Å². The number of hydrogen-bond acceptors (Lipinski definition) is 4. The summed E-state index contributed by atoms with van der Waals surface area (Å²) in [7, 11) is 3.15. The van der Waals surface area contributed by atoms with E-state index < -0.39 is 0 Å². The van der Waals surface area contributed by atoms with Gasteiger partial charge in [-0.05, 0) is 38.2 Å². The monoisotopic (exact) mass is 320 g/mol. The molecule has 1 aromatic rings. The molecule has 1 fully saturated rings. The number of benzene rings is 1. The van der Waals surface area contributed by atoms with Crippen molar-refractivity contribution in [2.24, 2.45) is 0 Å². The fraction of sp³-hybridized carbons (Fsp3) is 0.611. The van der Waals surface area contributed by atoms with E-state index >= 15 is 0 Å². The Hall–Kier alpha value is -1.59. The van der Waals surface area contributed by atoms with Gasteiger partial charge in [-0.1, -0.05) is 30.3 Å². The first-order valence-corrected chi connectivity index (χ1v) is 8.34. The predicted molar refractivity (Wildman–Crippen MR) is 90.1 cm³/mol. The number of amides is 1. The van der Waals surface area contributed by atoms with Crippen LogP contribution in [0.2, 0.25) is 0 Å². The minimum atomic E-state index is -0.284. The number of carbonyl (C=O) groups is 1. The maximum Gasteiger partial charge on any atom is 0.424 e. The number of rotatable bonds is 7. The second kappa shape index (κ2) is 8.89. The average molecular weight is 320 g/mol. The summed E-state index contributed by atoms with van der Waals surface area (Å²) in [5.74, 6) is 0. The Balaban J connectivity index is 2.03. The zero-order valence-electron chi connectivity index (χ0n) is 14.4. The lowest BCUT2D eigenvalue weighted by Crippen LogP contribution is -2.54. The van der Waals surface area contributed by atoms with Crippen LogP contribution < -0.4 is 0 Å². The normalized spacial score (nSPS) is 19.5. The van der Waals surface area contributed by atoms with Crippen LogP contribution in [0.15, 0.2) is 30.3 Å². The third-order valence-electron chi connectivity index (χ3n) is 4.45. The second-order valence-electron chi connectivity index (χ2n) is 6.10. The van der Waals surface area contributed by atoms with Crippen LogP contribution in [0, 0.1) is 0 Å². The summed E-state index contributed by atoms with van der Waals surface area (Å²) in [5.41, 5.74) is 1.29. The molecule has 0 aliphatic carbocycles. The molecule has 1 aromatic carbocycles. The van der Waals surface area contributed by atoms with Crippen molar-refractivity contribution >= 4 is 6.09 Å². The van der Waals surface area contributed by atoms with Gasteiger partial charge in [0.15, 0.2) is 0 Å². The topological polar surface area (TPSA) is 42.0 Å². The summed E-state index contributed by atoms with van der Waals surface area (Å²) < 4.78 is 10.3. The van der Waals surface area contributed by atoms with E-state index in [0.717, 1.165) is 32.2 Å². The van der Waals surface area contributed by atoms with Crippen LogP contribution >= 0.6 is 0 Å². The highest BCUT2D eigenvalue weighted by Crippen LogP contribution is 2.24. The second-order valence-corrected chi connectivity index (χ2v) is 6.10. The summed E-state index contributed by atoms with van der Waals surface area (Å²) in [6, 6.07) is 10.7. The van der Waals surface area contributed by atoms with Gasteiger partial charge in [-0.15, -0.1) is 0 Å². The number of carbonyl (C=O) groups excluding carboxylic acids is 1. The van der Waals surface area contributed by atoms with Crippen LogP contribution in [-0.4, -0.2) is 55.6 Å². The van der Waals surface area contributed by atoms with Gasteiger partial charge in [-0.2, -0.15) is 0 Å². The molecule has 1 saturated heterocycles. The van der Waals surface area contributed by atoms with Crippen molar-refractivity contribution in [2.45, 2.75) is 44.7 Å². The highest BCUT2D eigenvalue weighted by molar-refractivity contribution is 5.67. The fourth-order valence-electron chi connectivity index (χ4n) is 3.24. The molecule has 5 nitrogen and oxygen atoms in total. The van der Waals surface area contributed by atoms with E-state index in [-0.39, 0.29) is 18.2 Å². The number of methoxy groups -OCH3 is 2. The van der Waals surface area contributed by atoms with Crippen LogP contribution in [0.3, 0.4) is 0 Å². The maximum absolute atomic E-state index is 12.3. The molecule has 2 rings (SSSR count). The van der Waals surface area contributed by atoms with Gasteiger partial charge < -0.3 is 9.47 Å². The molecule has 0 bridgehead atoms. The molecular weight excluding hydrogens is 292 g/mol. The third-order valence-corrected chi connectivity index (χ3v) is 4.45. The molecule has 1 aliphatic rings. The Morgan fingerprint density at radius 2 is 2.09 bits per heavy atom. The molecule has 0 N–H and O–H groups in total. The molecule has 1 aliphatic heterocycles. The summed E-state index contributed by atoms with van der Waals surface area (Å²) in [6.45, 7) is 3.60.